The molecule has 0 unspecified atom stereocenters. The maximum absolute atomic E-state index is 2.31. The van der Waals surface area contributed by atoms with E-state index in [-0.39, 0.29) is 0 Å². The van der Waals surface area contributed by atoms with E-state index in [0.717, 1.165) is 6.42 Å². The van der Waals surface area contributed by atoms with Crippen molar-refractivity contribution >= 4 is 0 Å². The van der Waals surface area contributed by atoms with Gasteiger partial charge in [0.15, 0.2) is 0 Å². The number of rotatable bonds is 1. The molecule has 0 aromatic heterocycles. The summed E-state index contributed by atoms with van der Waals surface area (Å²) in [6.45, 7) is 4.35. The Hall–Kier alpha value is -1.56. The molecule has 2 aromatic carbocycles. The van der Waals surface area contributed by atoms with Gasteiger partial charge in [0.2, 0.25) is 0 Å². The zero-order valence-corrected chi connectivity index (χ0v) is 9.75. The van der Waals surface area contributed by atoms with Crippen LogP contribution in [0.2, 0.25) is 0 Å². The van der Waals surface area contributed by atoms with Crippen LogP contribution in [-0.2, 0) is 6.42 Å². The molecular formula is C16H15. The molecular weight excluding hydrogens is 192 g/mol. The fourth-order valence-electron chi connectivity index (χ4n) is 2.41. The first-order valence-corrected chi connectivity index (χ1v) is 5.86. The van der Waals surface area contributed by atoms with Crippen LogP contribution in [0.4, 0.5) is 0 Å². The molecule has 0 heterocycles. The molecule has 0 saturated carbocycles. The second-order valence-corrected chi connectivity index (χ2v) is 4.51. The molecule has 0 aliphatic heterocycles. The second-order valence-electron chi connectivity index (χ2n) is 4.51. The number of fused-ring (bicyclic) bond motifs is 3. The lowest BCUT2D eigenvalue weighted by Crippen LogP contribution is -1.83. The van der Waals surface area contributed by atoms with Gasteiger partial charge in [-0.2, -0.15) is 0 Å². The maximum Gasteiger partial charge on any atom is 0.0212 e. The standard InChI is InChI=1S/C16H15/c1-3-12-5-7-16-14(9-12)10-13-8-11(2)4-6-15(13)16/h4-10H,3H2,1-2H3. The van der Waals surface area contributed by atoms with E-state index < -0.39 is 0 Å². The summed E-state index contributed by atoms with van der Waals surface area (Å²) >= 11 is 0. The van der Waals surface area contributed by atoms with Crippen LogP contribution in [0.25, 0.3) is 11.1 Å². The molecule has 1 aliphatic rings. The average Bonchev–Trinajstić information content (AvgIpc) is 2.64. The van der Waals surface area contributed by atoms with Crippen LogP contribution in [0, 0.1) is 13.3 Å². The van der Waals surface area contributed by atoms with Crippen molar-refractivity contribution in [1.29, 1.82) is 0 Å². The van der Waals surface area contributed by atoms with Gasteiger partial charge in [-0.3, -0.25) is 0 Å². The number of hydrogen-bond donors (Lipinski definition) is 0. The van der Waals surface area contributed by atoms with Gasteiger partial charge in [0, 0.05) is 6.42 Å². The molecule has 0 N–H and O–H groups in total. The van der Waals surface area contributed by atoms with E-state index in [4.69, 9.17) is 0 Å². The molecule has 2 aromatic rings. The van der Waals surface area contributed by atoms with E-state index in [1.165, 1.54) is 33.4 Å². The molecule has 1 aliphatic carbocycles. The van der Waals surface area contributed by atoms with Crippen LogP contribution in [0.3, 0.4) is 0 Å². The summed E-state index contributed by atoms with van der Waals surface area (Å²) in [5.41, 5.74) is 8.25. The van der Waals surface area contributed by atoms with Crippen LogP contribution in [-0.4, -0.2) is 0 Å². The minimum absolute atomic E-state index is 1.11. The smallest absolute Gasteiger partial charge is 0.0212 e. The predicted molar refractivity (Wildman–Crippen MR) is 68.5 cm³/mol. The Labute approximate surface area is 96.9 Å². The molecule has 0 spiro atoms. The van der Waals surface area contributed by atoms with Crippen LogP contribution in [0.5, 0.6) is 0 Å². The summed E-state index contributed by atoms with van der Waals surface area (Å²) < 4.78 is 0. The first-order chi connectivity index (χ1) is 7.78. The molecule has 3 rings (SSSR count). The quantitative estimate of drug-likeness (QED) is 0.562. The third-order valence-corrected chi connectivity index (χ3v) is 3.33. The molecule has 16 heavy (non-hydrogen) atoms. The lowest BCUT2D eigenvalue weighted by molar-refractivity contribution is 1.14. The molecule has 0 amide bonds. The zero-order valence-electron chi connectivity index (χ0n) is 9.75. The van der Waals surface area contributed by atoms with Gasteiger partial charge in [0.1, 0.15) is 0 Å². The Balaban J connectivity index is 2.16. The van der Waals surface area contributed by atoms with Gasteiger partial charge >= 0.3 is 0 Å². The molecule has 79 valence electrons. The Bertz CT molecular complexity index is 550. The minimum atomic E-state index is 1.11. The first kappa shape index (κ1) is 9.65. The van der Waals surface area contributed by atoms with Gasteiger partial charge in [-0.05, 0) is 41.2 Å². The average molecular weight is 207 g/mol. The molecule has 0 fully saturated rings. The maximum atomic E-state index is 2.31. The molecule has 0 saturated heterocycles. The Morgan fingerprint density at radius 2 is 1.56 bits per heavy atom. The highest BCUT2D eigenvalue weighted by atomic mass is 14.2. The summed E-state index contributed by atoms with van der Waals surface area (Å²) in [6, 6.07) is 13.5. The Morgan fingerprint density at radius 1 is 0.875 bits per heavy atom. The third kappa shape index (κ3) is 1.37. The van der Waals surface area contributed by atoms with Gasteiger partial charge in [-0.25, -0.2) is 0 Å². The van der Waals surface area contributed by atoms with Crippen LogP contribution < -0.4 is 0 Å². The van der Waals surface area contributed by atoms with Crippen molar-refractivity contribution in [3.63, 3.8) is 0 Å². The van der Waals surface area contributed by atoms with E-state index in [1.807, 2.05) is 0 Å². The minimum Gasteiger partial charge on any atom is -0.0613 e. The number of hydrogen-bond acceptors (Lipinski definition) is 0. The fourth-order valence-corrected chi connectivity index (χ4v) is 2.41. The van der Waals surface area contributed by atoms with Crippen molar-refractivity contribution in [2.45, 2.75) is 20.3 Å². The summed E-state index contributed by atoms with van der Waals surface area (Å²) in [4.78, 5) is 0. The fraction of sp³-hybridized carbons (Fsp3) is 0.188. The number of benzene rings is 2. The van der Waals surface area contributed by atoms with E-state index in [1.54, 1.807) is 0 Å². The molecule has 1 radical (unpaired) electrons. The highest BCUT2D eigenvalue weighted by Gasteiger charge is 2.18. The van der Waals surface area contributed by atoms with Crippen LogP contribution in [0.1, 0.15) is 29.2 Å². The molecule has 0 nitrogen and oxygen atoms in total. The highest BCUT2D eigenvalue weighted by Crippen LogP contribution is 2.38. The van der Waals surface area contributed by atoms with Gasteiger partial charge in [-0.15, -0.1) is 0 Å². The van der Waals surface area contributed by atoms with Gasteiger partial charge in [0.05, 0.1) is 0 Å². The Morgan fingerprint density at radius 3 is 2.31 bits per heavy atom. The lowest BCUT2D eigenvalue weighted by Gasteiger charge is -2.03. The van der Waals surface area contributed by atoms with Gasteiger partial charge < -0.3 is 0 Å². The number of aryl methyl sites for hydroxylation is 2. The van der Waals surface area contributed by atoms with Crippen molar-refractivity contribution in [2.75, 3.05) is 0 Å². The zero-order chi connectivity index (χ0) is 11.1. The van der Waals surface area contributed by atoms with E-state index in [9.17, 15) is 0 Å². The van der Waals surface area contributed by atoms with Crippen molar-refractivity contribution in [3.05, 3.63) is 65.1 Å². The second kappa shape index (κ2) is 3.48. The topological polar surface area (TPSA) is 0 Å². The predicted octanol–water partition coefficient (Wildman–Crippen LogP) is 4.14. The normalized spacial score (nSPS) is 12.4. The van der Waals surface area contributed by atoms with Gasteiger partial charge in [0.25, 0.3) is 0 Å². The summed E-state index contributed by atoms with van der Waals surface area (Å²) in [5, 5.41) is 0. The SMILES string of the molecule is CCc1ccc2c(c1)[CH]c1cc(C)ccc1-2. The first-order valence-electron chi connectivity index (χ1n) is 5.86. The third-order valence-electron chi connectivity index (χ3n) is 3.33. The van der Waals surface area contributed by atoms with E-state index in [2.05, 4.69) is 56.7 Å². The summed E-state index contributed by atoms with van der Waals surface area (Å²) in [5.74, 6) is 0. The Kier molecular flexibility index (Phi) is 2.10. The van der Waals surface area contributed by atoms with Crippen molar-refractivity contribution in [3.8, 4) is 11.1 Å². The molecule has 0 bridgehead atoms. The van der Waals surface area contributed by atoms with Crippen molar-refractivity contribution in [1.82, 2.24) is 0 Å². The molecule has 0 heteroatoms. The monoisotopic (exact) mass is 207 g/mol. The van der Waals surface area contributed by atoms with Crippen LogP contribution in [0.15, 0.2) is 36.4 Å². The largest absolute Gasteiger partial charge is 0.0613 e. The highest BCUT2D eigenvalue weighted by molar-refractivity contribution is 5.81. The van der Waals surface area contributed by atoms with E-state index in [0.29, 0.717) is 0 Å². The summed E-state index contributed by atoms with van der Waals surface area (Å²) in [6.07, 6.45) is 3.41. The lowest BCUT2D eigenvalue weighted by atomic mass is 10.0. The summed E-state index contributed by atoms with van der Waals surface area (Å²) in [7, 11) is 0. The van der Waals surface area contributed by atoms with E-state index >= 15 is 0 Å². The molecule has 0 atom stereocenters. The van der Waals surface area contributed by atoms with Crippen LogP contribution >= 0.6 is 0 Å². The van der Waals surface area contributed by atoms with Crippen molar-refractivity contribution < 1.29 is 0 Å². The van der Waals surface area contributed by atoms with Gasteiger partial charge in [-0.1, -0.05) is 48.9 Å². The van der Waals surface area contributed by atoms with Crippen molar-refractivity contribution in [2.24, 2.45) is 0 Å².